The van der Waals surface area contributed by atoms with Crippen LogP contribution in [0.25, 0.3) is 0 Å². The lowest BCUT2D eigenvalue weighted by molar-refractivity contribution is -0.150. The number of rotatable bonds is 2. The Bertz CT molecular complexity index is 330. The molecule has 0 amide bonds. The molecule has 2 rings (SSSR count). The van der Waals surface area contributed by atoms with E-state index in [9.17, 15) is 4.79 Å². The van der Waals surface area contributed by atoms with Crippen molar-refractivity contribution in [1.29, 1.82) is 0 Å². The average molecular weight is 222 g/mol. The number of ether oxygens (including phenoxy) is 1. The maximum absolute atomic E-state index is 11.5. The minimum Gasteiger partial charge on any atom is -0.459 e. The molecule has 0 aromatic heterocycles. The smallest absolute Gasteiger partial charge is 0.330 e. The second-order valence-electron chi connectivity index (χ2n) is 6.04. The molecule has 2 aliphatic rings. The van der Waals surface area contributed by atoms with Crippen molar-refractivity contribution in [2.75, 3.05) is 0 Å². The SMILES string of the molecule is C/C=C/C(=O)OC1C[C@H]2CC[C@@]1(C)C2(C)C. The number of allylic oxidation sites excluding steroid dienone is 1. The first-order valence-corrected chi connectivity index (χ1v) is 6.25. The maximum Gasteiger partial charge on any atom is 0.330 e. The van der Waals surface area contributed by atoms with Gasteiger partial charge in [0.25, 0.3) is 0 Å². The van der Waals surface area contributed by atoms with E-state index in [1.54, 1.807) is 6.08 Å². The van der Waals surface area contributed by atoms with E-state index in [2.05, 4.69) is 20.8 Å². The van der Waals surface area contributed by atoms with E-state index in [0.29, 0.717) is 5.41 Å². The average Bonchev–Trinajstić information content (AvgIpc) is 2.51. The molecule has 0 aromatic rings. The van der Waals surface area contributed by atoms with Crippen LogP contribution in [0.5, 0.6) is 0 Å². The molecule has 0 N–H and O–H groups in total. The number of hydrogen-bond acceptors (Lipinski definition) is 2. The van der Waals surface area contributed by atoms with Crippen molar-refractivity contribution in [3.63, 3.8) is 0 Å². The largest absolute Gasteiger partial charge is 0.459 e. The van der Waals surface area contributed by atoms with Gasteiger partial charge < -0.3 is 4.74 Å². The Morgan fingerprint density at radius 3 is 2.50 bits per heavy atom. The summed E-state index contributed by atoms with van der Waals surface area (Å²) in [6, 6.07) is 0. The van der Waals surface area contributed by atoms with Crippen molar-refractivity contribution in [3.05, 3.63) is 12.2 Å². The lowest BCUT2D eigenvalue weighted by atomic mass is 9.70. The van der Waals surface area contributed by atoms with Gasteiger partial charge in [-0.25, -0.2) is 4.79 Å². The Morgan fingerprint density at radius 1 is 1.38 bits per heavy atom. The molecular formula is C14H22O2. The maximum atomic E-state index is 11.5. The van der Waals surface area contributed by atoms with Gasteiger partial charge in [0.15, 0.2) is 0 Å². The van der Waals surface area contributed by atoms with Crippen LogP contribution in [0.2, 0.25) is 0 Å². The van der Waals surface area contributed by atoms with Gasteiger partial charge in [0.1, 0.15) is 6.10 Å². The van der Waals surface area contributed by atoms with E-state index >= 15 is 0 Å². The van der Waals surface area contributed by atoms with Gasteiger partial charge in [-0.05, 0) is 37.5 Å². The van der Waals surface area contributed by atoms with Crippen molar-refractivity contribution in [2.24, 2.45) is 16.7 Å². The standard InChI is InChI=1S/C14H22O2/c1-5-6-12(15)16-11-9-10-7-8-14(11,4)13(10,2)3/h5-6,10-11H,7-9H2,1-4H3/b6-5+/t10-,11?,14-/m1/s1. The lowest BCUT2D eigenvalue weighted by Crippen LogP contribution is -2.38. The highest BCUT2D eigenvalue weighted by molar-refractivity contribution is 5.82. The highest BCUT2D eigenvalue weighted by atomic mass is 16.5. The van der Waals surface area contributed by atoms with E-state index in [1.165, 1.54) is 18.9 Å². The van der Waals surface area contributed by atoms with Crippen LogP contribution in [0.4, 0.5) is 0 Å². The van der Waals surface area contributed by atoms with E-state index in [0.717, 1.165) is 12.3 Å². The van der Waals surface area contributed by atoms with Crippen LogP contribution < -0.4 is 0 Å². The molecule has 0 spiro atoms. The summed E-state index contributed by atoms with van der Waals surface area (Å²) in [5.41, 5.74) is 0.489. The predicted molar refractivity (Wildman–Crippen MR) is 63.9 cm³/mol. The fourth-order valence-electron chi connectivity index (χ4n) is 3.62. The van der Waals surface area contributed by atoms with Gasteiger partial charge in [0.05, 0.1) is 0 Å². The van der Waals surface area contributed by atoms with Crippen LogP contribution in [0.3, 0.4) is 0 Å². The first kappa shape index (κ1) is 11.7. The molecule has 2 fully saturated rings. The number of fused-ring (bicyclic) bond motifs is 2. The summed E-state index contributed by atoms with van der Waals surface area (Å²) in [5.74, 6) is 0.540. The first-order chi connectivity index (χ1) is 7.41. The number of esters is 1. The second-order valence-corrected chi connectivity index (χ2v) is 6.04. The van der Waals surface area contributed by atoms with E-state index in [4.69, 9.17) is 4.74 Å². The summed E-state index contributed by atoms with van der Waals surface area (Å²) < 4.78 is 5.60. The summed E-state index contributed by atoms with van der Waals surface area (Å²) in [5, 5.41) is 0. The Balaban J connectivity index is 2.13. The van der Waals surface area contributed by atoms with Crippen LogP contribution in [0.1, 0.15) is 47.0 Å². The molecule has 0 aromatic carbocycles. The molecule has 2 aliphatic carbocycles. The Kier molecular flexibility index (Phi) is 2.64. The van der Waals surface area contributed by atoms with Gasteiger partial charge in [-0.1, -0.05) is 26.8 Å². The van der Waals surface area contributed by atoms with Crippen LogP contribution in [-0.2, 0) is 9.53 Å². The van der Waals surface area contributed by atoms with Crippen LogP contribution in [0, 0.1) is 16.7 Å². The highest BCUT2D eigenvalue weighted by Crippen LogP contribution is 2.66. The zero-order chi connectivity index (χ0) is 12.0. The van der Waals surface area contributed by atoms with Crippen molar-refractivity contribution < 1.29 is 9.53 Å². The molecule has 2 nitrogen and oxygen atoms in total. The number of carbonyl (C=O) groups is 1. The van der Waals surface area contributed by atoms with Gasteiger partial charge in [0, 0.05) is 11.5 Å². The second kappa shape index (κ2) is 3.61. The van der Waals surface area contributed by atoms with E-state index in [1.807, 2.05) is 6.92 Å². The zero-order valence-corrected chi connectivity index (χ0v) is 10.7. The molecule has 0 aliphatic heterocycles. The Labute approximate surface area is 98.1 Å². The molecule has 16 heavy (non-hydrogen) atoms. The summed E-state index contributed by atoms with van der Waals surface area (Å²) in [6.07, 6.45) is 6.91. The summed E-state index contributed by atoms with van der Waals surface area (Å²) in [7, 11) is 0. The third-order valence-corrected chi connectivity index (χ3v) is 5.28. The monoisotopic (exact) mass is 222 g/mol. The number of carbonyl (C=O) groups excluding carboxylic acids is 1. The quantitative estimate of drug-likeness (QED) is 0.529. The molecule has 90 valence electrons. The fraction of sp³-hybridized carbons (Fsp3) is 0.786. The molecule has 2 bridgehead atoms. The zero-order valence-electron chi connectivity index (χ0n) is 10.7. The molecule has 0 saturated heterocycles. The molecule has 2 saturated carbocycles. The fourth-order valence-corrected chi connectivity index (χ4v) is 3.62. The van der Waals surface area contributed by atoms with Crippen LogP contribution in [0.15, 0.2) is 12.2 Å². The van der Waals surface area contributed by atoms with Gasteiger partial charge in [-0.3, -0.25) is 0 Å². The lowest BCUT2D eigenvalue weighted by Gasteiger charge is -2.38. The minimum absolute atomic E-state index is 0.116. The normalized spacial score (nSPS) is 40.5. The van der Waals surface area contributed by atoms with Crippen molar-refractivity contribution in [2.45, 2.75) is 53.1 Å². The van der Waals surface area contributed by atoms with Gasteiger partial charge >= 0.3 is 5.97 Å². The van der Waals surface area contributed by atoms with Gasteiger partial charge in [-0.15, -0.1) is 0 Å². The van der Waals surface area contributed by atoms with Gasteiger partial charge in [-0.2, -0.15) is 0 Å². The molecule has 1 unspecified atom stereocenters. The Morgan fingerprint density at radius 2 is 2.06 bits per heavy atom. The van der Waals surface area contributed by atoms with E-state index < -0.39 is 0 Å². The van der Waals surface area contributed by atoms with Crippen molar-refractivity contribution >= 4 is 5.97 Å². The summed E-state index contributed by atoms with van der Waals surface area (Å²) >= 11 is 0. The van der Waals surface area contributed by atoms with E-state index in [-0.39, 0.29) is 17.5 Å². The third kappa shape index (κ3) is 1.42. The molecule has 2 heteroatoms. The van der Waals surface area contributed by atoms with Gasteiger partial charge in [0.2, 0.25) is 0 Å². The van der Waals surface area contributed by atoms with Crippen LogP contribution >= 0.6 is 0 Å². The topological polar surface area (TPSA) is 26.3 Å². The molecule has 3 atom stereocenters. The highest BCUT2D eigenvalue weighted by Gasteiger charge is 2.62. The predicted octanol–water partition coefficient (Wildman–Crippen LogP) is 3.32. The van der Waals surface area contributed by atoms with Crippen molar-refractivity contribution in [3.8, 4) is 0 Å². The van der Waals surface area contributed by atoms with Crippen molar-refractivity contribution in [1.82, 2.24) is 0 Å². The Hall–Kier alpha value is -0.790. The molecular weight excluding hydrogens is 200 g/mol. The molecule has 0 heterocycles. The first-order valence-electron chi connectivity index (χ1n) is 6.25. The molecule has 0 radical (unpaired) electrons. The minimum atomic E-state index is -0.183. The number of hydrogen-bond donors (Lipinski definition) is 0. The summed E-state index contributed by atoms with van der Waals surface area (Å²) in [6.45, 7) is 8.78. The third-order valence-electron chi connectivity index (χ3n) is 5.28. The van der Waals surface area contributed by atoms with Crippen LogP contribution in [-0.4, -0.2) is 12.1 Å². The summed E-state index contributed by atoms with van der Waals surface area (Å²) in [4.78, 5) is 11.5.